The Kier molecular flexibility index (Phi) is 5.18. The van der Waals surface area contributed by atoms with Crippen molar-refractivity contribution in [1.29, 1.82) is 0 Å². The SMILES string of the molecule is NCCNC(=O)C1CCCN(C(=O)c2ccc3c(c2)NC(=O)CO3)C1. The summed E-state index contributed by atoms with van der Waals surface area (Å²) in [5.74, 6) is -0.126. The van der Waals surface area contributed by atoms with Gasteiger partial charge in [0.15, 0.2) is 6.61 Å². The summed E-state index contributed by atoms with van der Waals surface area (Å²) in [5.41, 5.74) is 6.37. The van der Waals surface area contributed by atoms with Crippen molar-refractivity contribution >= 4 is 23.4 Å². The first-order chi connectivity index (χ1) is 12.1. The third kappa shape index (κ3) is 3.90. The molecule has 2 aliphatic rings. The Morgan fingerprint density at radius 3 is 3.04 bits per heavy atom. The molecule has 1 fully saturated rings. The number of nitrogens with zero attached hydrogens (tertiary/aromatic N) is 1. The van der Waals surface area contributed by atoms with Gasteiger partial charge in [-0.1, -0.05) is 0 Å². The van der Waals surface area contributed by atoms with E-state index in [9.17, 15) is 14.4 Å². The molecule has 1 saturated heterocycles. The Balaban J connectivity index is 1.69. The number of nitrogens with two attached hydrogens (primary N) is 1. The standard InChI is InChI=1S/C17H22N4O4/c18-5-6-19-16(23)12-2-1-7-21(9-12)17(24)11-3-4-14-13(8-11)20-15(22)10-25-14/h3-4,8,12H,1-2,5-7,9-10,18H2,(H,19,23)(H,20,22). The van der Waals surface area contributed by atoms with Gasteiger partial charge in [0.05, 0.1) is 11.6 Å². The summed E-state index contributed by atoms with van der Waals surface area (Å²) >= 11 is 0. The fraction of sp³-hybridized carbons (Fsp3) is 0.471. The van der Waals surface area contributed by atoms with Gasteiger partial charge in [0, 0.05) is 31.7 Å². The fourth-order valence-electron chi connectivity index (χ4n) is 3.11. The fourth-order valence-corrected chi connectivity index (χ4v) is 3.11. The second-order valence-electron chi connectivity index (χ2n) is 6.22. The molecule has 0 saturated carbocycles. The summed E-state index contributed by atoms with van der Waals surface area (Å²) in [6.07, 6.45) is 1.53. The van der Waals surface area contributed by atoms with E-state index in [2.05, 4.69) is 10.6 Å². The maximum atomic E-state index is 12.8. The van der Waals surface area contributed by atoms with Crippen molar-refractivity contribution in [2.24, 2.45) is 11.7 Å². The number of carbonyl (C=O) groups is 3. The lowest BCUT2D eigenvalue weighted by molar-refractivity contribution is -0.126. The molecule has 2 aliphatic heterocycles. The number of anilines is 1. The van der Waals surface area contributed by atoms with E-state index < -0.39 is 0 Å². The minimum atomic E-state index is -0.244. The van der Waals surface area contributed by atoms with Gasteiger partial charge in [0.1, 0.15) is 5.75 Å². The summed E-state index contributed by atoms with van der Waals surface area (Å²) in [4.78, 5) is 38.0. The van der Waals surface area contributed by atoms with Gasteiger partial charge in [-0.3, -0.25) is 14.4 Å². The molecular formula is C17H22N4O4. The number of likely N-dealkylation sites (tertiary alicyclic amines) is 1. The molecule has 1 unspecified atom stereocenters. The van der Waals surface area contributed by atoms with Crippen LogP contribution in [0, 0.1) is 5.92 Å². The van der Waals surface area contributed by atoms with Crippen LogP contribution in [-0.2, 0) is 9.59 Å². The third-order valence-electron chi connectivity index (χ3n) is 4.38. The minimum Gasteiger partial charge on any atom is -0.482 e. The van der Waals surface area contributed by atoms with Crippen LogP contribution in [0.3, 0.4) is 0 Å². The smallest absolute Gasteiger partial charge is 0.262 e. The quantitative estimate of drug-likeness (QED) is 0.707. The summed E-state index contributed by atoms with van der Waals surface area (Å²) in [5, 5.41) is 5.48. The number of amides is 3. The monoisotopic (exact) mass is 346 g/mol. The van der Waals surface area contributed by atoms with E-state index in [0.717, 1.165) is 12.8 Å². The number of rotatable bonds is 4. The molecule has 8 nitrogen and oxygen atoms in total. The van der Waals surface area contributed by atoms with Gasteiger partial charge in [-0.2, -0.15) is 0 Å². The van der Waals surface area contributed by atoms with Gasteiger partial charge < -0.3 is 26.0 Å². The first kappa shape index (κ1) is 17.2. The molecule has 0 spiro atoms. The highest BCUT2D eigenvalue weighted by Crippen LogP contribution is 2.29. The third-order valence-corrected chi connectivity index (χ3v) is 4.38. The second-order valence-corrected chi connectivity index (χ2v) is 6.22. The van der Waals surface area contributed by atoms with Gasteiger partial charge in [-0.05, 0) is 31.0 Å². The largest absolute Gasteiger partial charge is 0.482 e. The van der Waals surface area contributed by atoms with Crippen molar-refractivity contribution in [2.75, 3.05) is 38.1 Å². The first-order valence-corrected chi connectivity index (χ1v) is 8.42. The summed E-state index contributed by atoms with van der Waals surface area (Å²) in [6.45, 7) is 1.80. The lowest BCUT2D eigenvalue weighted by Crippen LogP contribution is -2.46. The number of benzene rings is 1. The average Bonchev–Trinajstić information content (AvgIpc) is 2.65. The van der Waals surface area contributed by atoms with Gasteiger partial charge >= 0.3 is 0 Å². The molecule has 25 heavy (non-hydrogen) atoms. The molecule has 134 valence electrons. The van der Waals surface area contributed by atoms with E-state index in [1.165, 1.54) is 0 Å². The van der Waals surface area contributed by atoms with Crippen molar-refractivity contribution in [2.45, 2.75) is 12.8 Å². The van der Waals surface area contributed by atoms with Crippen molar-refractivity contribution in [3.05, 3.63) is 23.8 Å². The van der Waals surface area contributed by atoms with Crippen LogP contribution in [0.25, 0.3) is 0 Å². The van der Waals surface area contributed by atoms with E-state index in [1.54, 1.807) is 23.1 Å². The van der Waals surface area contributed by atoms with E-state index >= 15 is 0 Å². The van der Waals surface area contributed by atoms with Crippen molar-refractivity contribution < 1.29 is 19.1 Å². The number of piperidine rings is 1. The van der Waals surface area contributed by atoms with Crippen LogP contribution in [0.4, 0.5) is 5.69 Å². The van der Waals surface area contributed by atoms with Crippen LogP contribution in [0.15, 0.2) is 18.2 Å². The molecular weight excluding hydrogens is 324 g/mol. The van der Waals surface area contributed by atoms with E-state index in [4.69, 9.17) is 10.5 Å². The number of nitrogens with one attached hydrogen (secondary N) is 2. The molecule has 0 bridgehead atoms. The first-order valence-electron chi connectivity index (χ1n) is 8.42. The molecule has 1 atom stereocenters. The topological polar surface area (TPSA) is 114 Å². The molecule has 1 aromatic carbocycles. The lowest BCUT2D eigenvalue weighted by atomic mass is 9.96. The van der Waals surface area contributed by atoms with Gasteiger partial charge in [-0.15, -0.1) is 0 Å². The van der Waals surface area contributed by atoms with Crippen LogP contribution in [0.2, 0.25) is 0 Å². The number of hydrogen-bond acceptors (Lipinski definition) is 5. The predicted molar refractivity (Wildman–Crippen MR) is 91.3 cm³/mol. The minimum absolute atomic E-state index is 0.0218. The Morgan fingerprint density at radius 1 is 1.40 bits per heavy atom. The van der Waals surface area contributed by atoms with Crippen molar-refractivity contribution in [3.63, 3.8) is 0 Å². The predicted octanol–water partition coefficient (Wildman–Crippen LogP) is -0.0554. The summed E-state index contributed by atoms with van der Waals surface area (Å²) in [6, 6.07) is 4.97. The molecule has 4 N–H and O–H groups in total. The van der Waals surface area contributed by atoms with Crippen LogP contribution in [0.1, 0.15) is 23.2 Å². The van der Waals surface area contributed by atoms with E-state index in [1.807, 2.05) is 0 Å². The summed E-state index contributed by atoms with van der Waals surface area (Å²) < 4.78 is 5.30. The maximum absolute atomic E-state index is 12.8. The zero-order valence-corrected chi connectivity index (χ0v) is 13.9. The highest BCUT2D eigenvalue weighted by atomic mass is 16.5. The van der Waals surface area contributed by atoms with Gasteiger partial charge in [0.2, 0.25) is 5.91 Å². The number of hydrogen-bond donors (Lipinski definition) is 3. The molecule has 0 aromatic heterocycles. The highest BCUT2D eigenvalue weighted by molar-refractivity contribution is 6.00. The molecule has 8 heteroatoms. The van der Waals surface area contributed by atoms with E-state index in [0.29, 0.717) is 43.2 Å². The zero-order valence-electron chi connectivity index (χ0n) is 13.9. The molecule has 2 heterocycles. The average molecular weight is 346 g/mol. The van der Waals surface area contributed by atoms with Crippen molar-refractivity contribution in [3.8, 4) is 5.75 Å². The lowest BCUT2D eigenvalue weighted by Gasteiger charge is -2.32. The normalized spacial score (nSPS) is 19.5. The Labute approximate surface area is 145 Å². The Hall–Kier alpha value is -2.61. The van der Waals surface area contributed by atoms with Crippen molar-refractivity contribution in [1.82, 2.24) is 10.2 Å². The van der Waals surface area contributed by atoms with Gasteiger partial charge in [0.25, 0.3) is 11.8 Å². The Morgan fingerprint density at radius 2 is 2.24 bits per heavy atom. The second kappa shape index (κ2) is 7.52. The molecule has 0 radical (unpaired) electrons. The number of fused-ring (bicyclic) bond motifs is 1. The highest BCUT2D eigenvalue weighted by Gasteiger charge is 2.29. The number of ether oxygens (including phenoxy) is 1. The number of carbonyl (C=O) groups excluding carboxylic acids is 3. The van der Waals surface area contributed by atoms with Gasteiger partial charge in [-0.25, -0.2) is 0 Å². The summed E-state index contributed by atoms with van der Waals surface area (Å²) in [7, 11) is 0. The molecule has 1 aromatic rings. The molecule has 0 aliphatic carbocycles. The van der Waals surface area contributed by atoms with Crippen LogP contribution >= 0.6 is 0 Å². The molecule has 3 amide bonds. The Bertz CT molecular complexity index is 691. The van der Waals surface area contributed by atoms with E-state index in [-0.39, 0.29) is 30.2 Å². The maximum Gasteiger partial charge on any atom is 0.262 e. The zero-order chi connectivity index (χ0) is 17.8. The van der Waals surface area contributed by atoms with Crippen LogP contribution in [0.5, 0.6) is 5.75 Å². The molecule has 3 rings (SSSR count). The van der Waals surface area contributed by atoms with Crippen LogP contribution in [-0.4, -0.2) is 55.4 Å². The van der Waals surface area contributed by atoms with Crippen LogP contribution < -0.4 is 21.1 Å².